The molecule has 0 aliphatic heterocycles. The molecule has 0 aliphatic rings. The van der Waals surface area contributed by atoms with Gasteiger partial charge in [0.1, 0.15) is 16.4 Å². The maximum absolute atomic E-state index is 12.4. The summed E-state index contributed by atoms with van der Waals surface area (Å²) in [7, 11) is 0. The van der Waals surface area contributed by atoms with Crippen molar-refractivity contribution in [2.45, 2.75) is 23.5 Å². The predicted molar refractivity (Wildman–Crippen MR) is 97.4 cm³/mol. The van der Waals surface area contributed by atoms with E-state index in [1.54, 1.807) is 0 Å². The van der Waals surface area contributed by atoms with Crippen molar-refractivity contribution in [3.8, 4) is 17.1 Å². The minimum atomic E-state index is -0.506. The van der Waals surface area contributed by atoms with E-state index in [1.165, 1.54) is 17.8 Å². The van der Waals surface area contributed by atoms with E-state index in [4.69, 9.17) is 4.42 Å². The van der Waals surface area contributed by atoms with Crippen LogP contribution in [0.15, 0.2) is 80.8 Å². The molecule has 122 valence electrons. The third kappa shape index (κ3) is 3.54. The first-order chi connectivity index (χ1) is 11.7. The highest BCUT2D eigenvalue weighted by Crippen LogP contribution is 2.40. The lowest BCUT2D eigenvalue weighted by molar-refractivity contribution is 0.430. The van der Waals surface area contributed by atoms with Crippen LogP contribution in [-0.4, -0.2) is 5.11 Å². The number of hydrogen-bond acceptors (Lipinski definition) is 4. The minimum absolute atomic E-state index is 0.0375. The van der Waals surface area contributed by atoms with Crippen LogP contribution in [0.4, 0.5) is 0 Å². The van der Waals surface area contributed by atoms with Gasteiger partial charge in [-0.15, -0.1) is 11.8 Å². The van der Waals surface area contributed by atoms with Crippen molar-refractivity contribution < 1.29 is 9.52 Å². The molecular formula is C20H18O3S. The van der Waals surface area contributed by atoms with E-state index in [1.807, 2.05) is 60.7 Å². The molecule has 3 aromatic rings. The molecule has 1 heterocycles. The topological polar surface area (TPSA) is 50.4 Å². The van der Waals surface area contributed by atoms with Crippen LogP contribution in [0.1, 0.15) is 24.2 Å². The molecule has 0 spiro atoms. The van der Waals surface area contributed by atoms with Gasteiger partial charge < -0.3 is 9.52 Å². The lowest BCUT2D eigenvalue weighted by Gasteiger charge is -2.15. The molecule has 3 rings (SSSR count). The van der Waals surface area contributed by atoms with Crippen LogP contribution in [0, 0.1) is 0 Å². The van der Waals surface area contributed by atoms with Gasteiger partial charge in [0.2, 0.25) is 0 Å². The summed E-state index contributed by atoms with van der Waals surface area (Å²) in [6.45, 7) is 2.06. The Morgan fingerprint density at radius 1 is 1.04 bits per heavy atom. The Hall–Kier alpha value is -2.46. The molecule has 0 fully saturated rings. The number of aromatic hydroxyl groups is 1. The first-order valence-electron chi connectivity index (χ1n) is 7.83. The molecular weight excluding hydrogens is 320 g/mol. The molecule has 3 nitrogen and oxygen atoms in total. The van der Waals surface area contributed by atoms with Crippen LogP contribution in [0.3, 0.4) is 0 Å². The third-order valence-electron chi connectivity index (χ3n) is 3.75. The fourth-order valence-electron chi connectivity index (χ4n) is 2.52. The average Bonchev–Trinajstić information content (AvgIpc) is 2.62. The Kier molecular flexibility index (Phi) is 5.06. The smallest absolute Gasteiger partial charge is 0.353 e. The summed E-state index contributed by atoms with van der Waals surface area (Å²) in [5, 5.41) is 10.4. The van der Waals surface area contributed by atoms with E-state index in [2.05, 4.69) is 6.92 Å². The molecule has 24 heavy (non-hydrogen) atoms. The van der Waals surface area contributed by atoms with Crippen molar-refractivity contribution in [1.29, 1.82) is 0 Å². The van der Waals surface area contributed by atoms with Crippen molar-refractivity contribution in [3.63, 3.8) is 0 Å². The minimum Gasteiger partial charge on any atom is -0.506 e. The largest absolute Gasteiger partial charge is 0.506 e. The maximum atomic E-state index is 12.4. The Bertz CT molecular complexity index is 857. The monoisotopic (exact) mass is 338 g/mol. The van der Waals surface area contributed by atoms with Crippen molar-refractivity contribution in [2.24, 2.45) is 0 Å². The zero-order valence-corrected chi connectivity index (χ0v) is 14.1. The van der Waals surface area contributed by atoms with E-state index in [0.29, 0.717) is 5.76 Å². The molecule has 0 saturated carbocycles. The van der Waals surface area contributed by atoms with Gasteiger partial charge >= 0.3 is 5.63 Å². The zero-order chi connectivity index (χ0) is 16.9. The van der Waals surface area contributed by atoms with Crippen LogP contribution in [-0.2, 0) is 0 Å². The fourth-order valence-corrected chi connectivity index (χ4v) is 3.58. The number of hydrogen-bond donors (Lipinski definition) is 1. The average molecular weight is 338 g/mol. The molecule has 4 heteroatoms. The highest BCUT2D eigenvalue weighted by Gasteiger charge is 2.18. The second-order valence-corrected chi connectivity index (χ2v) is 6.62. The van der Waals surface area contributed by atoms with Crippen LogP contribution in [0.2, 0.25) is 0 Å². The van der Waals surface area contributed by atoms with Gasteiger partial charge in [-0.05, 0) is 12.0 Å². The molecule has 1 atom stereocenters. The molecule has 2 aromatic carbocycles. The maximum Gasteiger partial charge on any atom is 0.353 e. The normalized spacial score (nSPS) is 12.0. The highest BCUT2D eigenvalue weighted by atomic mass is 32.2. The summed E-state index contributed by atoms with van der Waals surface area (Å²) in [5.41, 5.74) is 1.38. The predicted octanol–water partition coefficient (Wildman–Crippen LogP) is 5.26. The molecule has 0 aliphatic carbocycles. The van der Waals surface area contributed by atoms with E-state index >= 15 is 0 Å². The number of thioether (sulfide) groups is 1. The molecule has 0 saturated heterocycles. The summed E-state index contributed by atoms with van der Waals surface area (Å²) in [4.78, 5) is 12.6. The van der Waals surface area contributed by atoms with Gasteiger partial charge in [-0.3, -0.25) is 0 Å². The molecule has 0 radical (unpaired) electrons. The molecule has 1 aromatic heterocycles. The lowest BCUT2D eigenvalue weighted by Crippen LogP contribution is -2.05. The Morgan fingerprint density at radius 3 is 2.25 bits per heavy atom. The second kappa shape index (κ2) is 7.41. The van der Waals surface area contributed by atoms with Crippen LogP contribution in [0.25, 0.3) is 11.3 Å². The third-order valence-corrected chi connectivity index (χ3v) is 5.25. The second-order valence-electron chi connectivity index (χ2n) is 5.40. The van der Waals surface area contributed by atoms with Crippen LogP contribution < -0.4 is 5.63 Å². The van der Waals surface area contributed by atoms with Gasteiger partial charge in [0.05, 0.1) is 0 Å². The zero-order valence-electron chi connectivity index (χ0n) is 13.3. The number of rotatable bonds is 5. The van der Waals surface area contributed by atoms with E-state index in [0.717, 1.165) is 17.5 Å². The van der Waals surface area contributed by atoms with Gasteiger partial charge in [-0.25, -0.2) is 4.79 Å². The Morgan fingerprint density at radius 2 is 1.67 bits per heavy atom. The Balaban J connectivity index is 1.93. The number of benzene rings is 2. The first-order valence-corrected chi connectivity index (χ1v) is 8.71. The first kappa shape index (κ1) is 16.4. The van der Waals surface area contributed by atoms with Crippen LogP contribution in [0.5, 0.6) is 5.75 Å². The summed E-state index contributed by atoms with van der Waals surface area (Å²) in [6, 6.07) is 20.7. The van der Waals surface area contributed by atoms with Crippen molar-refractivity contribution in [2.75, 3.05) is 0 Å². The van der Waals surface area contributed by atoms with E-state index < -0.39 is 5.63 Å². The molecule has 1 unspecified atom stereocenters. The molecule has 0 amide bonds. The van der Waals surface area contributed by atoms with Crippen molar-refractivity contribution in [3.05, 3.63) is 82.7 Å². The standard InChI is InChI=1S/C20H18O3S/c1-2-18(15-11-7-4-8-12-15)24-19-16(21)13-17(23-20(19)22)14-9-5-3-6-10-14/h3-13,18,21H,2H2,1H3. The fraction of sp³-hybridized carbons (Fsp3) is 0.150. The highest BCUT2D eigenvalue weighted by molar-refractivity contribution is 7.99. The lowest BCUT2D eigenvalue weighted by atomic mass is 10.1. The molecule has 1 N–H and O–H groups in total. The quantitative estimate of drug-likeness (QED) is 0.645. The van der Waals surface area contributed by atoms with E-state index in [-0.39, 0.29) is 15.9 Å². The van der Waals surface area contributed by atoms with Gasteiger partial charge in [0.25, 0.3) is 0 Å². The Labute approximate surface area is 145 Å². The van der Waals surface area contributed by atoms with E-state index in [9.17, 15) is 9.90 Å². The van der Waals surface area contributed by atoms with Gasteiger partial charge in [0.15, 0.2) is 0 Å². The van der Waals surface area contributed by atoms with Crippen molar-refractivity contribution in [1.82, 2.24) is 0 Å². The van der Waals surface area contributed by atoms with Gasteiger partial charge in [-0.2, -0.15) is 0 Å². The SMILES string of the molecule is CCC(Sc1c(O)cc(-c2ccccc2)oc1=O)c1ccccc1. The van der Waals surface area contributed by atoms with Gasteiger partial charge in [0, 0.05) is 16.9 Å². The summed E-state index contributed by atoms with van der Waals surface area (Å²) >= 11 is 1.34. The van der Waals surface area contributed by atoms with Gasteiger partial charge in [-0.1, -0.05) is 67.6 Å². The van der Waals surface area contributed by atoms with Crippen molar-refractivity contribution >= 4 is 11.8 Å². The molecule has 0 bridgehead atoms. The summed E-state index contributed by atoms with van der Waals surface area (Å²) in [6.07, 6.45) is 0.841. The summed E-state index contributed by atoms with van der Waals surface area (Å²) in [5.74, 6) is 0.333. The van der Waals surface area contributed by atoms with Crippen LogP contribution >= 0.6 is 11.8 Å². The summed E-state index contributed by atoms with van der Waals surface area (Å²) < 4.78 is 5.42.